The maximum Gasteiger partial charge on any atom is 0.320 e. The number of carbonyl (C=O) groups excluding carboxylic acids is 1. The van der Waals surface area contributed by atoms with Gasteiger partial charge in [0.05, 0.1) is 10.2 Å². The van der Waals surface area contributed by atoms with Crippen molar-refractivity contribution in [1.82, 2.24) is 0 Å². The summed E-state index contributed by atoms with van der Waals surface area (Å²) in [6, 6.07) is 11.6. The van der Waals surface area contributed by atoms with Crippen LogP contribution < -0.4 is 10.5 Å². The van der Waals surface area contributed by atoms with E-state index in [1.54, 1.807) is 30.3 Å². The van der Waals surface area contributed by atoms with Gasteiger partial charge in [0.25, 0.3) is 0 Å². The van der Waals surface area contributed by atoms with Crippen molar-refractivity contribution in [3.05, 3.63) is 57.2 Å². The molecule has 0 bridgehead atoms. The number of benzene rings is 2. The van der Waals surface area contributed by atoms with Crippen molar-refractivity contribution < 1.29 is 24.5 Å². The van der Waals surface area contributed by atoms with E-state index in [0.29, 0.717) is 38.0 Å². The van der Waals surface area contributed by atoms with Gasteiger partial charge in [-0.2, -0.15) is 0 Å². The number of phenolic OH excluding ortho intramolecular Hbond substituents is 1. The minimum absolute atomic E-state index is 0.185. The first-order valence-corrected chi connectivity index (χ1v) is 10.1. The number of halogens is 1. The molecule has 0 saturated heterocycles. The van der Waals surface area contributed by atoms with Crippen LogP contribution in [0, 0.1) is 3.57 Å². The number of phenols is 1. The molecule has 0 saturated carbocycles. The van der Waals surface area contributed by atoms with Gasteiger partial charge in [-0.25, -0.2) is 0 Å². The van der Waals surface area contributed by atoms with Crippen LogP contribution in [0.15, 0.2) is 42.5 Å². The minimum atomic E-state index is -1.02. The molecule has 2 aromatic rings. The van der Waals surface area contributed by atoms with Crippen LogP contribution in [0.1, 0.15) is 30.4 Å². The van der Waals surface area contributed by atoms with Crippen LogP contribution in [0.4, 0.5) is 0 Å². The van der Waals surface area contributed by atoms with Crippen molar-refractivity contribution in [3.63, 3.8) is 0 Å². The topological polar surface area (TPSA) is 110 Å². The number of ether oxygens (including phenoxy) is 1. The summed E-state index contributed by atoms with van der Waals surface area (Å²) in [5.74, 6) is 0.0965. The average Bonchev–Trinajstić information content (AvgIpc) is 2.67. The number of carboxylic acids is 1. The molecule has 150 valence electrons. The fraction of sp³-hybridized carbons (Fsp3) is 0.333. The molecule has 0 radical (unpaired) electrons. The van der Waals surface area contributed by atoms with Gasteiger partial charge in [-0.05, 0) is 77.2 Å². The van der Waals surface area contributed by atoms with Gasteiger partial charge in [0.15, 0.2) is 0 Å². The molecule has 6 nitrogen and oxygen atoms in total. The standard InChI is InChI=1S/C21H24INO5/c22-18-12-14(6-10-20(18)25)3-7-16(24)2-1-11-28-17-8-4-15(5-9-17)13-19(23)21(26)27/h4-6,8-10,12,19,25H,1-3,7,11,13,23H2,(H,26,27)/t19-/m0/s1. The molecule has 0 spiro atoms. The Bertz CT molecular complexity index is 807. The van der Waals surface area contributed by atoms with E-state index in [9.17, 15) is 14.7 Å². The molecule has 2 rings (SSSR count). The number of hydrogen-bond acceptors (Lipinski definition) is 5. The maximum absolute atomic E-state index is 12.0. The molecule has 2 aromatic carbocycles. The molecule has 0 aliphatic heterocycles. The number of Topliss-reactive ketones (excluding diaryl/α,β-unsaturated/α-hetero) is 1. The first kappa shape index (κ1) is 22.2. The van der Waals surface area contributed by atoms with Crippen molar-refractivity contribution >= 4 is 34.3 Å². The van der Waals surface area contributed by atoms with E-state index in [1.807, 2.05) is 12.1 Å². The Hall–Kier alpha value is -2.13. The van der Waals surface area contributed by atoms with Crippen LogP contribution in [0.25, 0.3) is 0 Å². The summed E-state index contributed by atoms with van der Waals surface area (Å²) in [6.45, 7) is 0.441. The SMILES string of the molecule is N[C@@H](Cc1ccc(OCCCC(=O)CCc2ccc(O)c(I)c2)cc1)C(=O)O. The van der Waals surface area contributed by atoms with Crippen LogP contribution in [-0.4, -0.2) is 34.6 Å². The highest BCUT2D eigenvalue weighted by Crippen LogP contribution is 2.21. The molecule has 28 heavy (non-hydrogen) atoms. The Balaban J connectivity index is 1.65. The van der Waals surface area contributed by atoms with Gasteiger partial charge in [-0.3, -0.25) is 9.59 Å². The number of carbonyl (C=O) groups is 2. The van der Waals surface area contributed by atoms with E-state index >= 15 is 0 Å². The third-order valence-corrected chi connectivity index (χ3v) is 5.13. The second-order valence-electron chi connectivity index (χ2n) is 6.57. The summed E-state index contributed by atoms with van der Waals surface area (Å²) < 4.78 is 6.41. The summed E-state index contributed by atoms with van der Waals surface area (Å²) in [5.41, 5.74) is 7.39. The number of aromatic hydroxyl groups is 1. The van der Waals surface area contributed by atoms with Crippen LogP contribution in [0.2, 0.25) is 0 Å². The number of carboxylic acid groups (broad SMARTS) is 1. The van der Waals surface area contributed by atoms with Crippen LogP contribution >= 0.6 is 22.6 Å². The molecule has 0 fully saturated rings. The quantitative estimate of drug-likeness (QED) is 0.325. The van der Waals surface area contributed by atoms with E-state index in [1.165, 1.54) is 0 Å². The number of ketones is 1. The summed E-state index contributed by atoms with van der Waals surface area (Å²) >= 11 is 2.07. The Morgan fingerprint density at radius 1 is 1.07 bits per heavy atom. The Kier molecular flexibility index (Phi) is 8.72. The fourth-order valence-corrected chi connectivity index (χ4v) is 3.22. The number of rotatable bonds is 11. The second-order valence-corrected chi connectivity index (χ2v) is 7.73. The Labute approximate surface area is 177 Å². The largest absolute Gasteiger partial charge is 0.507 e. The van der Waals surface area contributed by atoms with Gasteiger partial charge in [0.2, 0.25) is 0 Å². The minimum Gasteiger partial charge on any atom is -0.507 e. The maximum atomic E-state index is 12.0. The lowest BCUT2D eigenvalue weighted by Crippen LogP contribution is -2.32. The lowest BCUT2D eigenvalue weighted by Gasteiger charge is -2.09. The summed E-state index contributed by atoms with van der Waals surface area (Å²) in [4.78, 5) is 22.8. The third-order valence-electron chi connectivity index (χ3n) is 4.27. The van der Waals surface area contributed by atoms with Gasteiger partial charge in [-0.15, -0.1) is 0 Å². The van der Waals surface area contributed by atoms with Crippen LogP contribution in [0.3, 0.4) is 0 Å². The number of nitrogens with two attached hydrogens (primary N) is 1. The van der Waals surface area contributed by atoms with Gasteiger partial charge in [-0.1, -0.05) is 18.2 Å². The van der Waals surface area contributed by atoms with Crippen molar-refractivity contribution in [1.29, 1.82) is 0 Å². The van der Waals surface area contributed by atoms with Gasteiger partial charge in [0.1, 0.15) is 23.3 Å². The van der Waals surface area contributed by atoms with Crippen molar-refractivity contribution in [2.45, 2.75) is 38.1 Å². The molecule has 7 heteroatoms. The van der Waals surface area contributed by atoms with Crippen LogP contribution in [0.5, 0.6) is 11.5 Å². The highest BCUT2D eigenvalue weighted by molar-refractivity contribution is 14.1. The molecule has 1 atom stereocenters. The van der Waals surface area contributed by atoms with Crippen molar-refractivity contribution in [2.75, 3.05) is 6.61 Å². The highest BCUT2D eigenvalue weighted by atomic mass is 127. The molecule has 0 heterocycles. The second kappa shape index (κ2) is 11.0. The predicted molar refractivity (Wildman–Crippen MR) is 115 cm³/mol. The molecule has 0 aromatic heterocycles. The Morgan fingerprint density at radius 2 is 1.75 bits per heavy atom. The molecule has 0 amide bonds. The lowest BCUT2D eigenvalue weighted by molar-refractivity contribution is -0.138. The van der Waals surface area contributed by atoms with Gasteiger partial charge < -0.3 is 20.7 Å². The van der Waals surface area contributed by atoms with Crippen molar-refractivity contribution in [2.24, 2.45) is 5.73 Å². The zero-order valence-corrected chi connectivity index (χ0v) is 17.6. The van der Waals surface area contributed by atoms with E-state index in [-0.39, 0.29) is 18.0 Å². The molecule has 0 aliphatic rings. The van der Waals surface area contributed by atoms with Crippen LogP contribution in [-0.2, 0) is 22.4 Å². The smallest absolute Gasteiger partial charge is 0.320 e. The summed E-state index contributed by atoms with van der Waals surface area (Å²) in [6.07, 6.45) is 2.50. The normalized spacial score (nSPS) is 11.8. The zero-order valence-electron chi connectivity index (χ0n) is 15.4. The van der Waals surface area contributed by atoms with E-state index in [4.69, 9.17) is 15.6 Å². The Morgan fingerprint density at radius 3 is 2.39 bits per heavy atom. The van der Waals surface area contributed by atoms with E-state index in [2.05, 4.69) is 22.6 Å². The predicted octanol–water partition coefficient (Wildman–Crippen LogP) is 3.31. The summed E-state index contributed by atoms with van der Waals surface area (Å²) in [5, 5.41) is 18.3. The van der Waals surface area contributed by atoms with E-state index in [0.717, 1.165) is 14.7 Å². The third kappa shape index (κ3) is 7.47. The number of aliphatic carboxylic acids is 1. The first-order chi connectivity index (χ1) is 13.3. The first-order valence-electron chi connectivity index (χ1n) is 9.04. The van der Waals surface area contributed by atoms with Crippen molar-refractivity contribution in [3.8, 4) is 11.5 Å². The molecule has 0 unspecified atom stereocenters. The summed E-state index contributed by atoms with van der Waals surface area (Å²) in [7, 11) is 0. The molecular weight excluding hydrogens is 473 g/mol. The monoisotopic (exact) mass is 497 g/mol. The van der Waals surface area contributed by atoms with Gasteiger partial charge >= 0.3 is 5.97 Å². The number of aryl methyl sites for hydroxylation is 1. The molecule has 4 N–H and O–H groups in total. The highest BCUT2D eigenvalue weighted by Gasteiger charge is 2.12. The lowest BCUT2D eigenvalue weighted by atomic mass is 10.1. The molecule has 0 aliphatic carbocycles. The van der Waals surface area contributed by atoms with Gasteiger partial charge in [0, 0.05) is 12.8 Å². The zero-order chi connectivity index (χ0) is 20.5. The fourth-order valence-electron chi connectivity index (χ4n) is 2.64. The molecular formula is C21H24INO5. The number of hydrogen-bond donors (Lipinski definition) is 3. The average molecular weight is 497 g/mol. The van der Waals surface area contributed by atoms with E-state index < -0.39 is 12.0 Å².